The Morgan fingerprint density at radius 3 is 2.72 bits per heavy atom. The van der Waals surface area contributed by atoms with Gasteiger partial charge in [0.25, 0.3) is 0 Å². The van der Waals surface area contributed by atoms with Crippen molar-refractivity contribution < 1.29 is 9.53 Å². The van der Waals surface area contributed by atoms with E-state index in [-0.39, 0.29) is 17.9 Å². The molecule has 4 heteroatoms. The van der Waals surface area contributed by atoms with Crippen LogP contribution in [0.5, 0.6) is 0 Å². The van der Waals surface area contributed by atoms with E-state index >= 15 is 0 Å². The molecule has 3 N–H and O–H groups in total. The van der Waals surface area contributed by atoms with Gasteiger partial charge in [-0.3, -0.25) is 4.79 Å². The Labute approximate surface area is 111 Å². The first-order valence-electron chi connectivity index (χ1n) is 7.10. The molecule has 0 aromatic carbocycles. The van der Waals surface area contributed by atoms with E-state index in [1.165, 1.54) is 0 Å². The maximum atomic E-state index is 12.0. The number of carbonyl (C=O) groups is 1. The fraction of sp³-hybridized carbons (Fsp3) is 0.929. The molecule has 18 heavy (non-hydrogen) atoms. The first-order chi connectivity index (χ1) is 8.49. The molecule has 3 atom stereocenters. The summed E-state index contributed by atoms with van der Waals surface area (Å²) in [6.45, 7) is 8.35. The predicted octanol–water partition coefficient (Wildman–Crippen LogP) is 1.54. The molecule has 1 rings (SSSR count). The number of rotatable bonds is 6. The lowest BCUT2D eigenvalue weighted by molar-refractivity contribution is -0.126. The van der Waals surface area contributed by atoms with Crippen LogP contribution in [0.4, 0.5) is 0 Å². The molecule has 1 saturated carbocycles. The summed E-state index contributed by atoms with van der Waals surface area (Å²) in [5, 5.41) is 2.95. The van der Waals surface area contributed by atoms with Crippen LogP contribution in [0.25, 0.3) is 0 Å². The molecule has 1 amide bonds. The Kier molecular flexibility index (Phi) is 6.65. The molecule has 0 aliphatic heterocycles. The monoisotopic (exact) mass is 256 g/mol. The topological polar surface area (TPSA) is 64.3 Å². The summed E-state index contributed by atoms with van der Waals surface area (Å²) in [4.78, 5) is 12.0. The van der Waals surface area contributed by atoms with Crippen LogP contribution in [0.2, 0.25) is 0 Å². The average Bonchev–Trinajstić information content (AvgIpc) is 2.26. The van der Waals surface area contributed by atoms with E-state index in [0.29, 0.717) is 25.0 Å². The second kappa shape index (κ2) is 7.74. The molecular formula is C14H28N2O2. The van der Waals surface area contributed by atoms with Crippen LogP contribution in [0.1, 0.15) is 40.0 Å². The van der Waals surface area contributed by atoms with Crippen molar-refractivity contribution in [2.45, 2.75) is 46.1 Å². The van der Waals surface area contributed by atoms with E-state index in [4.69, 9.17) is 10.5 Å². The summed E-state index contributed by atoms with van der Waals surface area (Å²) in [5.74, 6) is 1.33. The van der Waals surface area contributed by atoms with Crippen LogP contribution in [0.15, 0.2) is 0 Å². The number of ether oxygens (including phenoxy) is 1. The zero-order valence-electron chi connectivity index (χ0n) is 11.9. The maximum absolute atomic E-state index is 12.0. The molecule has 106 valence electrons. The zero-order chi connectivity index (χ0) is 13.5. The van der Waals surface area contributed by atoms with Gasteiger partial charge in [-0.2, -0.15) is 0 Å². The van der Waals surface area contributed by atoms with Gasteiger partial charge in [0.2, 0.25) is 5.91 Å². The van der Waals surface area contributed by atoms with Gasteiger partial charge >= 0.3 is 0 Å². The SMILES string of the molecule is CC(C)COCCNC(=O)C1CC(C)CC(N)C1. The molecular weight excluding hydrogens is 228 g/mol. The van der Waals surface area contributed by atoms with Gasteiger partial charge in [-0.15, -0.1) is 0 Å². The van der Waals surface area contributed by atoms with Crippen molar-refractivity contribution in [1.29, 1.82) is 0 Å². The van der Waals surface area contributed by atoms with Crippen LogP contribution in [-0.2, 0) is 9.53 Å². The van der Waals surface area contributed by atoms with Crippen LogP contribution in [0, 0.1) is 17.8 Å². The largest absolute Gasteiger partial charge is 0.379 e. The van der Waals surface area contributed by atoms with Crippen molar-refractivity contribution in [1.82, 2.24) is 5.32 Å². The summed E-state index contributed by atoms with van der Waals surface area (Å²) < 4.78 is 5.44. The number of hydrogen-bond donors (Lipinski definition) is 2. The second-order valence-electron chi connectivity index (χ2n) is 6.03. The lowest BCUT2D eigenvalue weighted by Gasteiger charge is -2.30. The molecule has 0 bridgehead atoms. The molecule has 1 fully saturated rings. The summed E-state index contributed by atoms with van der Waals surface area (Å²) in [6.07, 6.45) is 2.83. The maximum Gasteiger partial charge on any atom is 0.223 e. The Balaban J connectivity index is 2.16. The molecule has 0 saturated heterocycles. The smallest absolute Gasteiger partial charge is 0.223 e. The van der Waals surface area contributed by atoms with Crippen LogP contribution in [-0.4, -0.2) is 31.7 Å². The van der Waals surface area contributed by atoms with Crippen LogP contribution >= 0.6 is 0 Å². The summed E-state index contributed by atoms with van der Waals surface area (Å²) in [5.41, 5.74) is 5.96. The van der Waals surface area contributed by atoms with Crippen molar-refractivity contribution in [3.63, 3.8) is 0 Å². The fourth-order valence-corrected chi connectivity index (χ4v) is 2.58. The van der Waals surface area contributed by atoms with Gasteiger partial charge in [0, 0.05) is 25.1 Å². The average molecular weight is 256 g/mol. The standard InChI is InChI=1S/C14H28N2O2/c1-10(2)9-18-5-4-16-14(17)12-6-11(3)7-13(15)8-12/h10-13H,4-9,15H2,1-3H3,(H,16,17). The molecule has 3 unspecified atom stereocenters. The quantitative estimate of drug-likeness (QED) is 0.709. The Morgan fingerprint density at radius 2 is 2.11 bits per heavy atom. The van der Waals surface area contributed by atoms with Gasteiger partial charge in [-0.1, -0.05) is 20.8 Å². The zero-order valence-corrected chi connectivity index (χ0v) is 11.9. The molecule has 1 aliphatic rings. The molecule has 0 spiro atoms. The van der Waals surface area contributed by atoms with Gasteiger partial charge in [0.05, 0.1) is 6.61 Å². The number of hydrogen-bond acceptors (Lipinski definition) is 3. The Morgan fingerprint density at radius 1 is 1.39 bits per heavy atom. The number of nitrogens with one attached hydrogen (secondary N) is 1. The van der Waals surface area contributed by atoms with Crippen LogP contribution in [0.3, 0.4) is 0 Å². The summed E-state index contributed by atoms with van der Waals surface area (Å²) in [6, 6.07) is 0.182. The molecule has 0 radical (unpaired) electrons. The molecule has 0 heterocycles. The minimum atomic E-state index is 0.0915. The lowest BCUT2D eigenvalue weighted by Crippen LogP contribution is -2.41. The van der Waals surface area contributed by atoms with Gasteiger partial charge in [0.15, 0.2) is 0 Å². The third-order valence-corrected chi connectivity index (χ3v) is 3.35. The van der Waals surface area contributed by atoms with Crippen molar-refractivity contribution >= 4 is 5.91 Å². The third-order valence-electron chi connectivity index (χ3n) is 3.35. The minimum Gasteiger partial charge on any atom is -0.379 e. The minimum absolute atomic E-state index is 0.0915. The highest BCUT2D eigenvalue weighted by Crippen LogP contribution is 2.27. The highest BCUT2D eigenvalue weighted by Gasteiger charge is 2.28. The lowest BCUT2D eigenvalue weighted by atomic mass is 9.79. The van der Waals surface area contributed by atoms with E-state index in [9.17, 15) is 4.79 Å². The van der Waals surface area contributed by atoms with Crippen molar-refractivity contribution in [2.24, 2.45) is 23.5 Å². The number of amides is 1. The summed E-state index contributed by atoms with van der Waals surface area (Å²) >= 11 is 0. The van der Waals surface area contributed by atoms with Gasteiger partial charge in [0.1, 0.15) is 0 Å². The molecule has 0 aromatic rings. The van der Waals surface area contributed by atoms with E-state index in [1.54, 1.807) is 0 Å². The number of nitrogens with two attached hydrogens (primary N) is 1. The number of carbonyl (C=O) groups excluding carboxylic acids is 1. The molecule has 4 nitrogen and oxygen atoms in total. The van der Waals surface area contributed by atoms with Crippen molar-refractivity contribution in [3.8, 4) is 0 Å². The molecule has 1 aliphatic carbocycles. The Bertz CT molecular complexity index is 246. The molecule has 0 aromatic heterocycles. The van der Waals surface area contributed by atoms with Gasteiger partial charge < -0.3 is 15.8 Å². The normalized spacial score (nSPS) is 28.4. The van der Waals surface area contributed by atoms with E-state index in [1.807, 2.05) is 0 Å². The van der Waals surface area contributed by atoms with Gasteiger partial charge in [-0.25, -0.2) is 0 Å². The first-order valence-corrected chi connectivity index (χ1v) is 7.10. The second-order valence-corrected chi connectivity index (χ2v) is 6.03. The van der Waals surface area contributed by atoms with Gasteiger partial charge in [-0.05, 0) is 31.1 Å². The van der Waals surface area contributed by atoms with E-state index in [0.717, 1.165) is 25.9 Å². The fourth-order valence-electron chi connectivity index (χ4n) is 2.58. The highest BCUT2D eigenvalue weighted by atomic mass is 16.5. The summed E-state index contributed by atoms with van der Waals surface area (Å²) in [7, 11) is 0. The predicted molar refractivity (Wildman–Crippen MR) is 73.1 cm³/mol. The third kappa shape index (κ3) is 5.83. The first kappa shape index (κ1) is 15.4. The Hall–Kier alpha value is -0.610. The van der Waals surface area contributed by atoms with Crippen molar-refractivity contribution in [3.05, 3.63) is 0 Å². The van der Waals surface area contributed by atoms with Crippen LogP contribution < -0.4 is 11.1 Å². The highest BCUT2D eigenvalue weighted by molar-refractivity contribution is 5.78. The van der Waals surface area contributed by atoms with E-state index < -0.39 is 0 Å². The van der Waals surface area contributed by atoms with E-state index in [2.05, 4.69) is 26.1 Å². The van der Waals surface area contributed by atoms with Crippen molar-refractivity contribution in [2.75, 3.05) is 19.8 Å².